The summed E-state index contributed by atoms with van der Waals surface area (Å²) < 4.78 is 17.7. The van der Waals surface area contributed by atoms with Crippen molar-refractivity contribution in [2.75, 3.05) is 12.8 Å². The molecule has 0 aliphatic rings. The second-order valence-electron chi connectivity index (χ2n) is 2.73. The first kappa shape index (κ1) is 12.2. The molecule has 0 amide bonds. The summed E-state index contributed by atoms with van der Waals surface area (Å²) in [6, 6.07) is 0.735. The molecule has 2 N–H and O–H groups in total. The highest BCUT2D eigenvalue weighted by Gasteiger charge is 2.27. The number of nitrogens with zero attached hydrogens (tertiary/aromatic N) is 1. The molecule has 0 heterocycles. The molecule has 0 aliphatic carbocycles. The van der Waals surface area contributed by atoms with Gasteiger partial charge in [0.15, 0.2) is 5.82 Å². The fraction of sp³-hybridized carbons (Fsp3) is 0.125. The zero-order valence-electron chi connectivity index (χ0n) is 7.99. The van der Waals surface area contributed by atoms with Crippen LogP contribution in [0.15, 0.2) is 6.07 Å². The van der Waals surface area contributed by atoms with Crippen LogP contribution in [0.2, 0.25) is 5.02 Å². The predicted octanol–water partition coefficient (Wildman–Crippen LogP) is 1.76. The lowest BCUT2D eigenvalue weighted by molar-refractivity contribution is -0.383. The Bertz CT molecular complexity index is 478. The van der Waals surface area contributed by atoms with Crippen molar-refractivity contribution in [2.24, 2.45) is 0 Å². The number of esters is 1. The van der Waals surface area contributed by atoms with Crippen molar-refractivity contribution in [1.82, 2.24) is 0 Å². The second-order valence-corrected chi connectivity index (χ2v) is 3.14. The SMILES string of the molecule is COC(=O)c1c(N)c([N+](=O)[O-])cc(Cl)c1F. The Hall–Kier alpha value is -1.89. The molecule has 1 aromatic carbocycles. The number of nitrogens with two attached hydrogens (primary N) is 1. The third-order valence-electron chi connectivity index (χ3n) is 1.82. The second kappa shape index (κ2) is 4.31. The maximum Gasteiger partial charge on any atom is 0.343 e. The molecule has 0 radical (unpaired) electrons. The van der Waals surface area contributed by atoms with Crippen LogP contribution in [0.5, 0.6) is 0 Å². The van der Waals surface area contributed by atoms with Gasteiger partial charge in [0, 0.05) is 6.07 Å². The Balaban J connectivity index is 3.58. The smallest absolute Gasteiger partial charge is 0.343 e. The van der Waals surface area contributed by atoms with E-state index in [1.165, 1.54) is 0 Å². The summed E-state index contributed by atoms with van der Waals surface area (Å²) in [6.07, 6.45) is 0. The normalized spacial score (nSPS) is 9.94. The first-order valence-electron chi connectivity index (χ1n) is 3.90. The van der Waals surface area contributed by atoms with Gasteiger partial charge in [-0.2, -0.15) is 0 Å². The Labute approximate surface area is 93.9 Å². The molecule has 16 heavy (non-hydrogen) atoms. The number of methoxy groups -OCH3 is 1. The lowest BCUT2D eigenvalue weighted by Crippen LogP contribution is -2.11. The number of hydrogen-bond donors (Lipinski definition) is 1. The highest BCUT2D eigenvalue weighted by Crippen LogP contribution is 2.33. The quantitative estimate of drug-likeness (QED) is 0.372. The van der Waals surface area contributed by atoms with Gasteiger partial charge in [-0.05, 0) is 0 Å². The molecule has 0 bridgehead atoms. The fourth-order valence-corrected chi connectivity index (χ4v) is 1.28. The van der Waals surface area contributed by atoms with Gasteiger partial charge in [0.1, 0.15) is 11.3 Å². The van der Waals surface area contributed by atoms with Crippen LogP contribution in [0.1, 0.15) is 10.4 Å². The lowest BCUT2D eigenvalue weighted by Gasteiger charge is -2.06. The Morgan fingerprint density at radius 2 is 2.25 bits per heavy atom. The number of hydrogen-bond acceptors (Lipinski definition) is 5. The molecule has 0 saturated carbocycles. The molecule has 1 aromatic rings. The maximum absolute atomic E-state index is 13.4. The van der Waals surface area contributed by atoms with Crippen LogP contribution in [0, 0.1) is 15.9 Å². The van der Waals surface area contributed by atoms with E-state index in [1.807, 2.05) is 0 Å². The summed E-state index contributed by atoms with van der Waals surface area (Å²) in [5.74, 6) is -2.27. The molecule has 86 valence electrons. The number of ether oxygens (including phenoxy) is 1. The van der Waals surface area contributed by atoms with Gasteiger partial charge >= 0.3 is 5.97 Å². The molecule has 0 fully saturated rings. The van der Waals surface area contributed by atoms with E-state index < -0.39 is 38.7 Å². The zero-order valence-corrected chi connectivity index (χ0v) is 8.75. The third-order valence-corrected chi connectivity index (χ3v) is 2.10. The number of rotatable bonds is 2. The Kier molecular flexibility index (Phi) is 3.28. The topological polar surface area (TPSA) is 95.5 Å². The van der Waals surface area contributed by atoms with Gasteiger partial charge in [0.25, 0.3) is 5.69 Å². The lowest BCUT2D eigenvalue weighted by atomic mass is 10.1. The van der Waals surface area contributed by atoms with Gasteiger partial charge in [-0.3, -0.25) is 10.1 Å². The molecule has 0 spiro atoms. The molecule has 1 rings (SSSR count). The van der Waals surface area contributed by atoms with E-state index in [2.05, 4.69) is 4.74 Å². The number of carbonyl (C=O) groups is 1. The fourth-order valence-electron chi connectivity index (χ4n) is 1.08. The largest absolute Gasteiger partial charge is 0.465 e. The highest BCUT2D eigenvalue weighted by atomic mass is 35.5. The third kappa shape index (κ3) is 1.89. The summed E-state index contributed by atoms with van der Waals surface area (Å²) in [4.78, 5) is 20.8. The standard InChI is InChI=1S/C8H6ClFN2O4/c1-16-8(13)5-6(10)3(9)2-4(7(5)11)12(14)15/h2H,11H2,1H3. The van der Waals surface area contributed by atoms with Crippen LogP contribution in [0.25, 0.3) is 0 Å². The first-order valence-corrected chi connectivity index (χ1v) is 4.28. The van der Waals surface area contributed by atoms with Crippen molar-refractivity contribution in [3.63, 3.8) is 0 Å². The van der Waals surface area contributed by atoms with Gasteiger partial charge in [-0.25, -0.2) is 9.18 Å². The van der Waals surface area contributed by atoms with E-state index in [1.54, 1.807) is 0 Å². The number of carbonyl (C=O) groups excluding carboxylic acids is 1. The van der Waals surface area contributed by atoms with Crippen molar-refractivity contribution in [3.8, 4) is 0 Å². The molecule has 0 unspecified atom stereocenters. The van der Waals surface area contributed by atoms with E-state index in [4.69, 9.17) is 17.3 Å². The molecule has 8 heteroatoms. The van der Waals surface area contributed by atoms with E-state index >= 15 is 0 Å². The van der Waals surface area contributed by atoms with Crippen LogP contribution in [-0.2, 0) is 4.74 Å². The number of nitrogen functional groups attached to an aromatic ring is 1. The predicted molar refractivity (Wildman–Crippen MR) is 53.8 cm³/mol. The minimum atomic E-state index is -1.14. The van der Waals surface area contributed by atoms with E-state index in [0.717, 1.165) is 13.2 Å². The first-order chi connectivity index (χ1) is 7.40. The number of halogens is 2. The molecule has 0 aromatic heterocycles. The van der Waals surface area contributed by atoms with E-state index in [-0.39, 0.29) is 0 Å². The zero-order chi connectivity index (χ0) is 12.5. The van der Waals surface area contributed by atoms with Gasteiger partial charge in [0.2, 0.25) is 0 Å². The summed E-state index contributed by atoms with van der Waals surface area (Å²) in [6.45, 7) is 0. The average Bonchev–Trinajstić information content (AvgIpc) is 2.22. The summed E-state index contributed by atoms with van der Waals surface area (Å²) in [5, 5.41) is 9.97. The number of nitro benzene ring substituents is 1. The number of nitro groups is 1. The number of anilines is 1. The van der Waals surface area contributed by atoms with Gasteiger partial charge in [0.05, 0.1) is 17.1 Å². The van der Waals surface area contributed by atoms with Crippen LogP contribution in [0.4, 0.5) is 15.8 Å². The van der Waals surface area contributed by atoms with E-state index in [0.29, 0.717) is 0 Å². The van der Waals surface area contributed by atoms with Gasteiger partial charge < -0.3 is 10.5 Å². The summed E-state index contributed by atoms with van der Waals surface area (Å²) in [7, 11) is 0.994. The molecular formula is C8H6ClFN2O4. The van der Waals surface area contributed by atoms with Gasteiger partial charge in [-0.1, -0.05) is 11.6 Å². The summed E-state index contributed by atoms with van der Waals surface area (Å²) >= 11 is 5.39. The van der Waals surface area contributed by atoms with Crippen molar-refractivity contribution >= 4 is 28.9 Å². The minimum Gasteiger partial charge on any atom is -0.465 e. The molecule has 6 nitrogen and oxygen atoms in total. The van der Waals surface area contributed by atoms with Crippen LogP contribution in [-0.4, -0.2) is 18.0 Å². The number of benzene rings is 1. The van der Waals surface area contributed by atoms with Gasteiger partial charge in [-0.15, -0.1) is 0 Å². The Morgan fingerprint density at radius 3 is 2.69 bits per heavy atom. The van der Waals surface area contributed by atoms with Crippen molar-refractivity contribution < 1.29 is 18.8 Å². The minimum absolute atomic E-state index is 0.568. The van der Waals surface area contributed by atoms with Crippen LogP contribution < -0.4 is 5.73 Å². The monoisotopic (exact) mass is 248 g/mol. The molecular weight excluding hydrogens is 243 g/mol. The molecule has 0 atom stereocenters. The molecule has 0 aliphatic heterocycles. The summed E-state index contributed by atoms with van der Waals surface area (Å²) in [5.41, 5.74) is 3.30. The highest BCUT2D eigenvalue weighted by molar-refractivity contribution is 6.31. The van der Waals surface area contributed by atoms with Crippen LogP contribution in [0.3, 0.4) is 0 Å². The average molecular weight is 249 g/mol. The van der Waals surface area contributed by atoms with Crippen molar-refractivity contribution in [3.05, 3.63) is 32.6 Å². The van der Waals surface area contributed by atoms with Crippen molar-refractivity contribution in [1.29, 1.82) is 0 Å². The maximum atomic E-state index is 13.4. The molecule has 0 saturated heterocycles. The van der Waals surface area contributed by atoms with Crippen LogP contribution >= 0.6 is 11.6 Å². The van der Waals surface area contributed by atoms with E-state index in [9.17, 15) is 19.3 Å². The van der Waals surface area contributed by atoms with Crippen molar-refractivity contribution in [2.45, 2.75) is 0 Å². The Morgan fingerprint density at radius 1 is 1.69 bits per heavy atom.